The Hall–Kier alpha value is -0.800. The number of hydrogen-bond acceptors (Lipinski definition) is 3. The number of alkyl halides is 1. The molecule has 0 spiro atoms. The molecule has 0 N–H and O–H groups in total. The molecule has 0 saturated carbocycles. The lowest BCUT2D eigenvalue weighted by molar-refractivity contribution is 0.0145. The molecular formula is C11H22FN3. The van der Waals surface area contributed by atoms with Gasteiger partial charge in [-0.05, 0) is 12.8 Å². The Bertz CT molecular complexity index is 196. The summed E-state index contributed by atoms with van der Waals surface area (Å²) in [5, 5.41) is 5.62. The quantitative estimate of drug-likeness (QED) is 0.480. The Morgan fingerprint density at radius 3 is 2.60 bits per heavy atom. The van der Waals surface area contributed by atoms with Crippen LogP contribution in [-0.4, -0.2) is 35.8 Å². The van der Waals surface area contributed by atoms with Gasteiger partial charge in [-0.2, -0.15) is 9.49 Å². The minimum Gasteiger partial charge on any atom is -0.313 e. The first-order valence-electron chi connectivity index (χ1n) is 6.00. The van der Waals surface area contributed by atoms with E-state index in [0.29, 0.717) is 0 Å². The minimum absolute atomic E-state index is 0.734. The van der Waals surface area contributed by atoms with Gasteiger partial charge in [0.1, 0.15) is 6.34 Å². The molecule has 1 unspecified atom stereocenters. The Morgan fingerprint density at radius 2 is 1.93 bits per heavy atom. The summed E-state index contributed by atoms with van der Waals surface area (Å²) < 4.78 is 13.7. The summed E-state index contributed by atoms with van der Waals surface area (Å²) in [6.45, 7) is 5.70. The van der Waals surface area contributed by atoms with Crippen LogP contribution in [0.4, 0.5) is 4.39 Å². The fourth-order valence-corrected chi connectivity index (χ4v) is 1.70. The molecule has 0 radical (unpaired) electrons. The van der Waals surface area contributed by atoms with Gasteiger partial charge in [-0.3, -0.25) is 0 Å². The van der Waals surface area contributed by atoms with Gasteiger partial charge >= 0.3 is 0 Å². The Morgan fingerprint density at radius 1 is 1.13 bits per heavy atom. The first kappa shape index (κ1) is 12.3. The zero-order valence-electron chi connectivity index (χ0n) is 9.82. The molecule has 1 atom stereocenters. The highest BCUT2D eigenvalue weighted by Crippen LogP contribution is 2.15. The number of unbranched alkanes of at least 4 members (excludes halogenated alkanes) is 3. The van der Waals surface area contributed by atoms with E-state index in [2.05, 4.69) is 12.0 Å². The predicted octanol–water partition coefficient (Wildman–Crippen LogP) is 2.79. The van der Waals surface area contributed by atoms with E-state index in [1.807, 2.05) is 6.92 Å². The largest absolute Gasteiger partial charge is 0.313 e. The Labute approximate surface area is 91.9 Å². The van der Waals surface area contributed by atoms with Crippen molar-refractivity contribution in [1.82, 2.24) is 9.91 Å². The van der Waals surface area contributed by atoms with Crippen molar-refractivity contribution in [3.63, 3.8) is 0 Å². The lowest BCUT2D eigenvalue weighted by Crippen LogP contribution is -2.36. The van der Waals surface area contributed by atoms with E-state index >= 15 is 0 Å². The van der Waals surface area contributed by atoms with Gasteiger partial charge in [-0.25, -0.2) is 5.01 Å². The van der Waals surface area contributed by atoms with E-state index < -0.39 is 6.42 Å². The summed E-state index contributed by atoms with van der Waals surface area (Å²) in [7, 11) is 0. The van der Waals surface area contributed by atoms with Crippen molar-refractivity contribution in [2.45, 2.75) is 52.4 Å². The van der Waals surface area contributed by atoms with Crippen molar-refractivity contribution < 1.29 is 4.39 Å². The van der Waals surface area contributed by atoms with Crippen LogP contribution in [0, 0.1) is 0 Å². The third-order valence-corrected chi connectivity index (χ3v) is 2.59. The highest BCUT2D eigenvalue weighted by molar-refractivity contribution is 5.56. The molecule has 1 aliphatic heterocycles. The van der Waals surface area contributed by atoms with E-state index in [-0.39, 0.29) is 0 Å². The third-order valence-electron chi connectivity index (χ3n) is 2.59. The van der Waals surface area contributed by atoms with Crippen LogP contribution >= 0.6 is 0 Å². The lowest BCUT2D eigenvalue weighted by Gasteiger charge is -2.23. The van der Waals surface area contributed by atoms with E-state index in [4.69, 9.17) is 0 Å². The molecule has 0 saturated heterocycles. The van der Waals surface area contributed by atoms with Gasteiger partial charge in [0.15, 0.2) is 0 Å². The second-order valence-electron chi connectivity index (χ2n) is 4.00. The molecule has 0 amide bonds. The molecule has 0 aliphatic carbocycles. The van der Waals surface area contributed by atoms with Crippen LogP contribution < -0.4 is 0 Å². The van der Waals surface area contributed by atoms with Crippen LogP contribution in [0.25, 0.3) is 0 Å². The zero-order chi connectivity index (χ0) is 11.1. The summed E-state index contributed by atoms with van der Waals surface area (Å²) in [5.41, 5.74) is 0. The SMILES string of the molecule is CCCCCCN1N=CN(CCC)C1F. The summed E-state index contributed by atoms with van der Waals surface area (Å²) in [6.07, 6.45) is 6.18. The lowest BCUT2D eigenvalue weighted by atomic mass is 10.2. The van der Waals surface area contributed by atoms with Gasteiger partial charge in [0.2, 0.25) is 0 Å². The Balaban J connectivity index is 2.18. The number of rotatable bonds is 7. The van der Waals surface area contributed by atoms with Crippen molar-refractivity contribution in [1.29, 1.82) is 0 Å². The molecule has 1 aliphatic rings. The van der Waals surface area contributed by atoms with E-state index in [0.717, 1.165) is 25.9 Å². The highest BCUT2D eigenvalue weighted by atomic mass is 19.1. The second-order valence-corrected chi connectivity index (χ2v) is 4.00. The molecule has 0 aromatic carbocycles. The summed E-state index contributed by atoms with van der Waals surface area (Å²) in [6, 6.07) is 0. The summed E-state index contributed by atoms with van der Waals surface area (Å²) in [4.78, 5) is 1.65. The molecule has 88 valence electrons. The fraction of sp³-hybridized carbons (Fsp3) is 0.909. The average Bonchev–Trinajstić information content (AvgIpc) is 2.57. The van der Waals surface area contributed by atoms with Gasteiger partial charge in [0, 0.05) is 13.1 Å². The smallest absolute Gasteiger partial charge is 0.265 e. The predicted molar refractivity (Wildman–Crippen MR) is 61.2 cm³/mol. The monoisotopic (exact) mass is 215 g/mol. The van der Waals surface area contributed by atoms with Gasteiger partial charge in [-0.15, -0.1) is 0 Å². The standard InChI is InChI=1S/C11H22FN3/c1-3-5-6-7-9-15-11(12)14(8-4-2)10-13-15/h10-11H,3-9H2,1-2H3. The van der Waals surface area contributed by atoms with Crippen molar-refractivity contribution in [3.8, 4) is 0 Å². The van der Waals surface area contributed by atoms with Crippen molar-refractivity contribution in [3.05, 3.63) is 0 Å². The van der Waals surface area contributed by atoms with Crippen LogP contribution in [0.1, 0.15) is 46.0 Å². The van der Waals surface area contributed by atoms with Crippen LogP contribution in [-0.2, 0) is 0 Å². The molecule has 1 rings (SSSR count). The number of hydrazone groups is 1. The van der Waals surface area contributed by atoms with Gasteiger partial charge in [0.25, 0.3) is 6.42 Å². The number of halogens is 1. The number of hydrogen-bond donors (Lipinski definition) is 0. The Kier molecular flexibility index (Phi) is 5.43. The average molecular weight is 215 g/mol. The molecule has 15 heavy (non-hydrogen) atoms. The maximum atomic E-state index is 13.7. The number of nitrogens with zero attached hydrogens (tertiary/aromatic N) is 3. The third kappa shape index (κ3) is 3.68. The minimum atomic E-state index is -1.04. The van der Waals surface area contributed by atoms with E-state index in [9.17, 15) is 4.39 Å². The van der Waals surface area contributed by atoms with Crippen LogP contribution in [0.15, 0.2) is 5.10 Å². The summed E-state index contributed by atoms with van der Waals surface area (Å²) >= 11 is 0. The summed E-state index contributed by atoms with van der Waals surface area (Å²) in [5.74, 6) is 0. The zero-order valence-corrected chi connectivity index (χ0v) is 9.82. The molecule has 0 bridgehead atoms. The van der Waals surface area contributed by atoms with Gasteiger partial charge in [0.05, 0.1) is 0 Å². The van der Waals surface area contributed by atoms with Gasteiger partial charge in [-0.1, -0.05) is 33.1 Å². The molecular weight excluding hydrogens is 193 g/mol. The van der Waals surface area contributed by atoms with E-state index in [1.54, 1.807) is 16.2 Å². The fourth-order valence-electron chi connectivity index (χ4n) is 1.70. The topological polar surface area (TPSA) is 18.8 Å². The maximum absolute atomic E-state index is 13.7. The maximum Gasteiger partial charge on any atom is 0.265 e. The van der Waals surface area contributed by atoms with E-state index in [1.165, 1.54) is 19.3 Å². The van der Waals surface area contributed by atoms with Crippen LogP contribution in [0.3, 0.4) is 0 Å². The normalized spacial score (nSPS) is 20.3. The molecule has 0 fully saturated rings. The molecule has 1 heterocycles. The highest BCUT2D eigenvalue weighted by Gasteiger charge is 2.25. The molecule has 3 nitrogen and oxygen atoms in total. The molecule has 0 aromatic rings. The second kappa shape index (κ2) is 6.64. The van der Waals surface area contributed by atoms with Crippen molar-refractivity contribution in [2.75, 3.05) is 13.1 Å². The van der Waals surface area contributed by atoms with Gasteiger partial charge < -0.3 is 4.90 Å². The van der Waals surface area contributed by atoms with Crippen molar-refractivity contribution >= 4 is 6.34 Å². The van der Waals surface area contributed by atoms with Crippen LogP contribution in [0.2, 0.25) is 0 Å². The first-order chi connectivity index (χ1) is 7.29. The molecule has 0 aromatic heterocycles. The first-order valence-corrected chi connectivity index (χ1v) is 6.00. The molecule has 4 heteroatoms. The van der Waals surface area contributed by atoms with Crippen LogP contribution in [0.5, 0.6) is 0 Å². The van der Waals surface area contributed by atoms with Crippen molar-refractivity contribution in [2.24, 2.45) is 5.10 Å².